The number of amides is 1. The van der Waals surface area contributed by atoms with E-state index in [1.54, 1.807) is 23.2 Å². The van der Waals surface area contributed by atoms with E-state index in [1.165, 1.54) is 0 Å². The molecule has 1 saturated heterocycles. The maximum Gasteiger partial charge on any atom is 0.272 e. The van der Waals surface area contributed by atoms with Crippen molar-refractivity contribution in [2.75, 3.05) is 13.1 Å². The highest BCUT2D eigenvalue weighted by Gasteiger charge is 2.26. The quantitative estimate of drug-likeness (QED) is 0.865. The number of aromatic nitrogens is 3. The summed E-state index contributed by atoms with van der Waals surface area (Å²) in [6.07, 6.45) is 3.38. The third-order valence-electron chi connectivity index (χ3n) is 3.61. The topological polar surface area (TPSA) is 68.2 Å². The molecular formula is C16H18N4O2. The van der Waals surface area contributed by atoms with Crippen LogP contribution in [0.4, 0.5) is 0 Å². The molecule has 0 N–H and O–H groups in total. The van der Waals surface area contributed by atoms with E-state index < -0.39 is 0 Å². The Kier molecular flexibility index (Phi) is 4.27. The summed E-state index contributed by atoms with van der Waals surface area (Å²) in [6.45, 7) is 3.16. The normalized spacial score (nSPS) is 18.0. The molecule has 1 fully saturated rings. The lowest BCUT2D eigenvalue weighted by atomic mass is 10.1. The van der Waals surface area contributed by atoms with Crippen molar-refractivity contribution in [1.82, 2.24) is 20.1 Å². The summed E-state index contributed by atoms with van der Waals surface area (Å²) in [5, 5.41) is 7.99. The zero-order valence-corrected chi connectivity index (χ0v) is 12.5. The van der Waals surface area contributed by atoms with Gasteiger partial charge in [-0.3, -0.25) is 9.78 Å². The fourth-order valence-corrected chi connectivity index (χ4v) is 2.49. The Morgan fingerprint density at radius 3 is 2.91 bits per heavy atom. The number of carbonyl (C=O) groups is 1. The van der Waals surface area contributed by atoms with Gasteiger partial charge in [0.2, 0.25) is 5.88 Å². The standard InChI is InChI=1S/C16H18N4O2/c1-12-7-8-15(19-18-12)22-13-5-4-10-20(11-13)16(21)14-6-2-3-9-17-14/h2-3,6-9,13H,4-5,10-11H2,1H3/t13-/m0/s1. The molecule has 2 aromatic rings. The van der Waals surface area contributed by atoms with Gasteiger partial charge in [0.25, 0.3) is 5.91 Å². The van der Waals surface area contributed by atoms with Gasteiger partial charge in [0.15, 0.2) is 0 Å². The monoisotopic (exact) mass is 298 g/mol. The van der Waals surface area contributed by atoms with Crippen molar-refractivity contribution in [3.8, 4) is 5.88 Å². The summed E-state index contributed by atoms with van der Waals surface area (Å²) >= 11 is 0. The lowest BCUT2D eigenvalue weighted by molar-refractivity contribution is 0.0520. The van der Waals surface area contributed by atoms with Crippen LogP contribution in [0.2, 0.25) is 0 Å². The molecular weight excluding hydrogens is 280 g/mol. The fraction of sp³-hybridized carbons (Fsp3) is 0.375. The Bertz CT molecular complexity index is 630. The molecule has 0 unspecified atom stereocenters. The van der Waals surface area contributed by atoms with Crippen LogP contribution in [0.25, 0.3) is 0 Å². The Morgan fingerprint density at radius 2 is 2.18 bits per heavy atom. The van der Waals surface area contributed by atoms with Gasteiger partial charge in [-0.15, -0.1) is 5.10 Å². The van der Waals surface area contributed by atoms with Gasteiger partial charge in [0.05, 0.1) is 12.2 Å². The minimum Gasteiger partial charge on any atom is -0.471 e. The molecule has 0 saturated carbocycles. The van der Waals surface area contributed by atoms with Crippen LogP contribution in [0, 0.1) is 6.92 Å². The lowest BCUT2D eigenvalue weighted by Crippen LogP contribution is -2.44. The van der Waals surface area contributed by atoms with Gasteiger partial charge in [-0.25, -0.2) is 0 Å². The van der Waals surface area contributed by atoms with E-state index in [0.29, 0.717) is 18.1 Å². The summed E-state index contributed by atoms with van der Waals surface area (Å²) in [5.74, 6) is 0.451. The first-order valence-corrected chi connectivity index (χ1v) is 7.39. The van der Waals surface area contributed by atoms with E-state index in [1.807, 2.05) is 25.1 Å². The molecule has 0 aromatic carbocycles. The van der Waals surface area contributed by atoms with Crippen LogP contribution in [-0.2, 0) is 0 Å². The maximum absolute atomic E-state index is 12.4. The van der Waals surface area contributed by atoms with Crippen LogP contribution in [-0.4, -0.2) is 45.2 Å². The predicted octanol–water partition coefficient (Wildman–Crippen LogP) is 1.86. The third-order valence-corrected chi connectivity index (χ3v) is 3.61. The Balaban J connectivity index is 1.64. The largest absolute Gasteiger partial charge is 0.471 e. The number of rotatable bonds is 3. The number of pyridine rings is 1. The van der Waals surface area contributed by atoms with Crippen LogP contribution in [0.5, 0.6) is 5.88 Å². The maximum atomic E-state index is 12.4. The fourth-order valence-electron chi connectivity index (χ4n) is 2.49. The highest BCUT2D eigenvalue weighted by molar-refractivity contribution is 5.92. The van der Waals surface area contributed by atoms with E-state index in [0.717, 1.165) is 25.1 Å². The van der Waals surface area contributed by atoms with Crippen LogP contribution in [0.1, 0.15) is 29.0 Å². The van der Waals surface area contributed by atoms with Gasteiger partial charge >= 0.3 is 0 Å². The molecule has 3 rings (SSSR count). The number of hydrogen-bond donors (Lipinski definition) is 0. The number of piperidine rings is 1. The highest BCUT2D eigenvalue weighted by Crippen LogP contribution is 2.17. The van der Waals surface area contributed by atoms with Crippen LogP contribution < -0.4 is 4.74 Å². The molecule has 0 spiro atoms. The number of ether oxygens (including phenoxy) is 1. The van der Waals surface area contributed by atoms with Crippen molar-refractivity contribution in [1.29, 1.82) is 0 Å². The van der Waals surface area contributed by atoms with Gasteiger partial charge in [0.1, 0.15) is 11.8 Å². The Labute approximate surface area is 129 Å². The van der Waals surface area contributed by atoms with Gasteiger partial charge < -0.3 is 9.64 Å². The van der Waals surface area contributed by atoms with Gasteiger partial charge in [-0.2, -0.15) is 5.10 Å². The van der Waals surface area contributed by atoms with E-state index in [4.69, 9.17) is 4.74 Å². The van der Waals surface area contributed by atoms with E-state index in [2.05, 4.69) is 15.2 Å². The number of carbonyl (C=O) groups excluding carboxylic acids is 1. The molecule has 0 bridgehead atoms. The molecule has 0 radical (unpaired) electrons. The Morgan fingerprint density at radius 1 is 1.27 bits per heavy atom. The van der Waals surface area contributed by atoms with Crippen molar-refractivity contribution in [2.24, 2.45) is 0 Å². The van der Waals surface area contributed by atoms with Crippen molar-refractivity contribution in [3.63, 3.8) is 0 Å². The van der Waals surface area contributed by atoms with Crippen LogP contribution in [0.15, 0.2) is 36.5 Å². The van der Waals surface area contributed by atoms with Crippen molar-refractivity contribution < 1.29 is 9.53 Å². The number of hydrogen-bond acceptors (Lipinski definition) is 5. The van der Waals surface area contributed by atoms with E-state index in [-0.39, 0.29) is 12.0 Å². The van der Waals surface area contributed by atoms with Gasteiger partial charge in [0, 0.05) is 18.8 Å². The van der Waals surface area contributed by atoms with Gasteiger partial charge in [-0.05, 0) is 38.0 Å². The average Bonchev–Trinajstić information content (AvgIpc) is 2.57. The number of nitrogens with zero attached hydrogens (tertiary/aromatic N) is 4. The third kappa shape index (κ3) is 3.39. The lowest BCUT2D eigenvalue weighted by Gasteiger charge is -2.32. The molecule has 1 aliphatic heterocycles. The number of likely N-dealkylation sites (tertiary alicyclic amines) is 1. The molecule has 0 aliphatic carbocycles. The molecule has 22 heavy (non-hydrogen) atoms. The molecule has 6 nitrogen and oxygen atoms in total. The minimum absolute atomic E-state index is 0.0520. The second-order valence-corrected chi connectivity index (χ2v) is 5.36. The van der Waals surface area contributed by atoms with Crippen molar-refractivity contribution >= 4 is 5.91 Å². The van der Waals surface area contributed by atoms with Crippen molar-refractivity contribution in [2.45, 2.75) is 25.9 Å². The Hall–Kier alpha value is -2.50. The smallest absolute Gasteiger partial charge is 0.272 e. The SMILES string of the molecule is Cc1ccc(O[C@H]2CCCN(C(=O)c3ccccn3)C2)nn1. The zero-order chi connectivity index (χ0) is 15.4. The van der Waals surface area contributed by atoms with Crippen LogP contribution >= 0.6 is 0 Å². The average molecular weight is 298 g/mol. The summed E-state index contributed by atoms with van der Waals surface area (Å²) in [6, 6.07) is 9.02. The molecule has 114 valence electrons. The summed E-state index contributed by atoms with van der Waals surface area (Å²) in [7, 11) is 0. The van der Waals surface area contributed by atoms with Crippen LogP contribution in [0.3, 0.4) is 0 Å². The summed E-state index contributed by atoms with van der Waals surface area (Å²) < 4.78 is 5.84. The summed E-state index contributed by atoms with van der Waals surface area (Å²) in [4.78, 5) is 18.3. The van der Waals surface area contributed by atoms with Crippen molar-refractivity contribution in [3.05, 3.63) is 47.9 Å². The first kappa shape index (κ1) is 14.4. The predicted molar refractivity (Wildman–Crippen MR) is 80.6 cm³/mol. The van der Waals surface area contributed by atoms with E-state index >= 15 is 0 Å². The molecule has 1 atom stereocenters. The summed E-state index contributed by atoms with van der Waals surface area (Å²) in [5.41, 5.74) is 1.32. The molecule has 1 aliphatic rings. The second-order valence-electron chi connectivity index (χ2n) is 5.36. The molecule has 3 heterocycles. The minimum atomic E-state index is -0.0570. The molecule has 2 aromatic heterocycles. The number of aryl methyl sites for hydroxylation is 1. The highest BCUT2D eigenvalue weighted by atomic mass is 16.5. The molecule has 1 amide bonds. The zero-order valence-electron chi connectivity index (χ0n) is 12.5. The first-order chi connectivity index (χ1) is 10.7. The molecule has 6 heteroatoms. The van der Waals surface area contributed by atoms with E-state index in [9.17, 15) is 4.79 Å². The van der Waals surface area contributed by atoms with Gasteiger partial charge in [-0.1, -0.05) is 6.07 Å². The first-order valence-electron chi connectivity index (χ1n) is 7.39. The second kappa shape index (κ2) is 6.51.